The van der Waals surface area contributed by atoms with Crippen molar-refractivity contribution in [1.29, 1.82) is 0 Å². The molecule has 26 heavy (non-hydrogen) atoms. The highest BCUT2D eigenvalue weighted by Crippen LogP contribution is 2.27. The number of ether oxygens (including phenoxy) is 2. The maximum Gasteiger partial charge on any atom is 0.280 e. The lowest BCUT2D eigenvalue weighted by molar-refractivity contribution is -0.870. The van der Waals surface area contributed by atoms with Crippen LogP contribution in [0.3, 0.4) is 0 Å². The summed E-state index contributed by atoms with van der Waals surface area (Å²) in [5, 5.41) is 4.98. The van der Waals surface area contributed by atoms with Crippen molar-refractivity contribution < 1.29 is 24.0 Å². The number of nitrogens with one attached hydrogen (secondary N) is 2. The number of methoxy groups -OCH3 is 2. The number of hydrogen-bond donors (Lipinski definition) is 3. The average molecular weight is 378 g/mol. The number of carbonyl (C=O) groups is 2. The van der Waals surface area contributed by atoms with Gasteiger partial charge in [0.05, 0.1) is 33.4 Å². The SMILES string of the molecule is COc1ccc(CC[NH+](C)CC(=O)Nc2sccc2C(N)=O)cc1OC. The fourth-order valence-electron chi connectivity index (χ4n) is 2.53. The Bertz CT molecular complexity index is 776. The van der Waals surface area contributed by atoms with Gasteiger partial charge in [-0.1, -0.05) is 6.07 Å². The molecule has 2 amide bonds. The Labute approximate surface area is 156 Å². The zero-order valence-electron chi connectivity index (χ0n) is 15.1. The van der Waals surface area contributed by atoms with Crippen LogP contribution >= 0.6 is 11.3 Å². The number of thiophene rings is 1. The van der Waals surface area contributed by atoms with Crippen LogP contribution in [-0.4, -0.2) is 46.2 Å². The molecule has 8 heteroatoms. The molecular formula is C18H24N3O4S+. The predicted molar refractivity (Wildman–Crippen MR) is 101 cm³/mol. The number of nitrogens with two attached hydrogens (primary N) is 1. The van der Waals surface area contributed by atoms with Crippen LogP contribution in [0, 0.1) is 0 Å². The first-order chi connectivity index (χ1) is 12.4. The highest BCUT2D eigenvalue weighted by atomic mass is 32.1. The van der Waals surface area contributed by atoms with Crippen LogP contribution in [0.2, 0.25) is 0 Å². The van der Waals surface area contributed by atoms with Gasteiger partial charge < -0.3 is 25.4 Å². The molecular weight excluding hydrogens is 354 g/mol. The van der Waals surface area contributed by atoms with Crippen molar-refractivity contribution in [2.24, 2.45) is 5.73 Å². The van der Waals surface area contributed by atoms with E-state index in [2.05, 4.69) is 5.32 Å². The fraction of sp³-hybridized carbons (Fsp3) is 0.333. The van der Waals surface area contributed by atoms with Crippen LogP contribution in [0.4, 0.5) is 5.00 Å². The molecule has 0 saturated carbocycles. The van der Waals surface area contributed by atoms with Gasteiger partial charge in [0.25, 0.3) is 11.8 Å². The second-order valence-corrected chi connectivity index (χ2v) is 6.82. The van der Waals surface area contributed by atoms with Gasteiger partial charge in [0, 0.05) is 6.42 Å². The predicted octanol–water partition coefficient (Wildman–Crippen LogP) is 0.560. The van der Waals surface area contributed by atoms with E-state index in [1.807, 2.05) is 25.2 Å². The Balaban J connectivity index is 1.86. The summed E-state index contributed by atoms with van der Waals surface area (Å²) in [6, 6.07) is 7.41. The summed E-state index contributed by atoms with van der Waals surface area (Å²) < 4.78 is 10.5. The van der Waals surface area contributed by atoms with Gasteiger partial charge in [0.1, 0.15) is 5.00 Å². The average Bonchev–Trinajstić information content (AvgIpc) is 3.07. The Kier molecular flexibility index (Phi) is 6.99. The number of carbonyl (C=O) groups excluding carboxylic acids is 2. The van der Waals surface area contributed by atoms with Crippen LogP contribution in [0.5, 0.6) is 11.5 Å². The molecule has 7 nitrogen and oxygen atoms in total. The van der Waals surface area contributed by atoms with Crippen molar-refractivity contribution in [3.63, 3.8) is 0 Å². The molecule has 1 aromatic carbocycles. The van der Waals surface area contributed by atoms with Crippen molar-refractivity contribution >= 4 is 28.2 Å². The van der Waals surface area contributed by atoms with Crippen molar-refractivity contribution in [2.45, 2.75) is 6.42 Å². The molecule has 0 fully saturated rings. The molecule has 0 aliphatic rings. The summed E-state index contributed by atoms with van der Waals surface area (Å²) in [6.45, 7) is 1.07. The molecule has 0 bridgehead atoms. The summed E-state index contributed by atoms with van der Waals surface area (Å²) in [4.78, 5) is 24.5. The van der Waals surface area contributed by atoms with Crippen LogP contribution < -0.4 is 25.4 Å². The molecule has 2 rings (SSSR count). The minimum Gasteiger partial charge on any atom is -0.493 e. The molecule has 140 valence electrons. The van der Waals surface area contributed by atoms with Gasteiger partial charge in [-0.15, -0.1) is 11.3 Å². The normalized spacial score (nSPS) is 11.7. The number of amides is 2. The third kappa shape index (κ3) is 5.21. The number of likely N-dealkylation sites (N-methyl/N-ethyl adjacent to an activating group) is 1. The number of anilines is 1. The standard InChI is InChI=1S/C18H23N3O4S/c1-21(8-6-12-4-5-14(24-2)15(10-12)25-3)11-16(22)20-18-13(17(19)23)7-9-26-18/h4-5,7,9-10H,6,8,11H2,1-3H3,(H2,19,23)(H,20,22)/p+1. The molecule has 4 N–H and O–H groups in total. The number of hydrogen-bond acceptors (Lipinski definition) is 5. The molecule has 0 aliphatic heterocycles. The molecule has 1 aromatic heterocycles. The van der Waals surface area contributed by atoms with Gasteiger partial charge in [0.15, 0.2) is 18.0 Å². The third-order valence-electron chi connectivity index (χ3n) is 3.93. The van der Waals surface area contributed by atoms with Crippen molar-refractivity contribution in [1.82, 2.24) is 0 Å². The van der Waals surface area contributed by atoms with Gasteiger partial charge >= 0.3 is 0 Å². The lowest BCUT2D eigenvalue weighted by Crippen LogP contribution is -3.10. The number of primary amides is 1. The zero-order valence-corrected chi connectivity index (χ0v) is 15.9. The van der Waals surface area contributed by atoms with Crippen LogP contribution in [0.1, 0.15) is 15.9 Å². The quantitative estimate of drug-likeness (QED) is 0.594. The topological polar surface area (TPSA) is 95.1 Å². The van der Waals surface area contributed by atoms with Gasteiger partial charge in [-0.3, -0.25) is 9.59 Å². The summed E-state index contributed by atoms with van der Waals surface area (Å²) in [6.07, 6.45) is 0.797. The lowest BCUT2D eigenvalue weighted by Gasteiger charge is -2.14. The molecule has 0 spiro atoms. The first kappa shape index (κ1) is 19.7. The van der Waals surface area contributed by atoms with Gasteiger partial charge in [-0.25, -0.2) is 0 Å². The zero-order chi connectivity index (χ0) is 19.1. The largest absolute Gasteiger partial charge is 0.493 e. The smallest absolute Gasteiger partial charge is 0.280 e. The first-order valence-corrected chi connectivity index (χ1v) is 9.02. The van der Waals surface area contributed by atoms with Gasteiger partial charge in [-0.05, 0) is 29.1 Å². The second-order valence-electron chi connectivity index (χ2n) is 5.90. The summed E-state index contributed by atoms with van der Waals surface area (Å²) >= 11 is 1.28. The highest BCUT2D eigenvalue weighted by molar-refractivity contribution is 7.14. The van der Waals surface area contributed by atoms with E-state index in [-0.39, 0.29) is 5.91 Å². The minimum absolute atomic E-state index is 0.153. The summed E-state index contributed by atoms with van der Waals surface area (Å²) in [7, 11) is 5.16. The van der Waals surface area contributed by atoms with E-state index in [0.29, 0.717) is 28.6 Å². The number of benzene rings is 1. The molecule has 1 atom stereocenters. The molecule has 0 aliphatic carbocycles. The Morgan fingerprint density at radius 3 is 2.58 bits per heavy atom. The molecule has 1 unspecified atom stereocenters. The van der Waals surface area contributed by atoms with Crippen molar-refractivity contribution in [3.05, 3.63) is 40.8 Å². The van der Waals surface area contributed by atoms with E-state index in [0.717, 1.165) is 23.4 Å². The van der Waals surface area contributed by atoms with Crippen LogP contribution in [0.25, 0.3) is 0 Å². The maximum atomic E-state index is 12.2. The van der Waals surface area contributed by atoms with Crippen molar-refractivity contribution in [2.75, 3.05) is 39.7 Å². The van der Waals surface area contributed by atoms with Crippen molar-refractivity contribution in [3.8, 4) is 11.5 Å². The van der Waals surface area contributed by atoms with Gasteiger partial charge in [0.2, 0.25) is 0 Å². The van der Waals surface area contributed by atoms with Crippen LogP contribution in [-0.2, 0) is 11.2 Å². The molecule has 0 radical (unpaired) electrons. The van der Waals surface area contributed by atoms with E-state index in [9.17, 15) is 9.59 Å². The fourth-order valence-corrected chi connectivity index (χ4v) is 3.34. The minimum atomic E-state index is -0.546. The van der Waals surface area contributed by atoms with E-state index in [1.54, 1.807) is 25.7 Å². The third-order valence-corrected chi connectivity index (χ3v) is 4.76. The maximum absolute atomic E-state index is 12.2. The summed E-state index contributed by atoms with van der Waals surface area (Å²) in [5.74, 6) is 0.685. The Hall–Kier alpha value is -2.58. The Morgan fingerprint density at radius 2 is 1.92 bits per heavy atom. The molecule has 0 saturated heterocycles. The number of rotatable bonds is 9. The van der Waals surface area contributed by atoms with E-state index >= 15 is 0 Å². The monoisotopic (exact) mass is 378 g/mol. The van der Waals surface area contributed by atoms with E-state index in [4.69, 9.17) is 15.2 Å². The molecule has 1 heterocycles. The molecule has 2 aromatic rings. The van der Waals surface area contributed by atoms with Gasteiger partial charge in [-0.2, -0.15) is 0 Å². The summed E-state index contributed by atoms with van der Waals surface area (Å²) in [5.41, 5.74) is 6.73. The van der Waals surface area contributed by atoms with E-state index in [1.165, 1.54) is 11.3 Å². The highest BCUT2D eigenvalue weighted by Gasteiger charge is 2.15. The number of quaternary nitrogens is 1. The van der Waals surface area contributed by atoms with E-state index < -0.39 is 5.91 Å². The Morgan fingerprint density at radius 1 is 1.19 bits per heavy atom. The second kappa shape index (κ2) is 9.21. The van der Waals surface area contributed by atoms with Crippen LogP contribution in [0.15, 0.2) is 29.6 Å². The first-order valence-electron chi connectivity index (χ1n) is 8.14. The lowest BCUT2D eigenvalue weighted by atomic mass is 10.1.